The maximum Gasteiger partial charge on any atom is 0.326 e. The van der Waals surface area contributed by atoms with Crippen molar-refractivity contribution in [2.24, 2.45) is 5.92 Å². The number of carbonyl (C=O) groups excluding carboxylic acids is 1. The number of sulfonamides is 1. The van der Waals surface area contributed by atoms with E-state index in [9.17, 15) is 33.2 Å². The van der Waals surface area contributed by atoms with Gasteiger partial charge in [0.1, 0.15) is 6.04 Å². The SMILES string of the molecule is CC(C)C(C(=O)O)N1CCN(S(=O)(=O)c2ccccc2[N+](=O)[O-])CC1=O. The second-order valence-corrected chi connectivity index (χ2v) is 8.08. The molecule has 1 aliphatic rings. The van der Waals surface area contributed by atoms with Crippen molar-refractivity contribution in [2.45, 2.75) is 24.8 Å². The van der Waals surface area contributed by atoms with Crippen molar-refractivity contribution in [1.29, 1.82) is 0 Å². The molecule has 142 valence electrons. The molecule has 1 N–H and O–H groups in total. The molecule has 1 atom stereocenters. The van der Waals surface area contributed by atoms with Gasteiger partial charge in [-0.25, -0.2) is 13.2 Å². The summed E-state index contributed by atoms with van der Waals surface area (Å²) in [7, 11) is -4.26. The molecule has 1 fully saturated rings. The van der Waals surface area contributed by atoms with Gasteiger partial charge in [-0.1, -0.05) is 26.0 Å². The van der Waals surface area contributed by atoms with Crippen LogP contribution in [-0.4, -0.2) is 65.2 Å². The first-order valence-electron chi connectivity index (χ1n) is 7.83. The van der Waals surface area contributed by atoms with Crippen LogP contribution in [0.3, 0.4) is 0 Å². The van der Waals surface area contributed by atoms with E-state index in [0.717, 1.165) is 21.3 Å². The normalized spacial score (nSPS) is 17.3. The molecule has 0 radical (unpaired) electrons. The third-order valence-corrected chi connectivity index (χ3v) is 6.01. The highest BCUT2D eigenvalue weighted by molar-refractivity contribution is 7.89. The molecule has 0 bridgehead atoms. The zero-order chi connectivity index (χ0) is 19.6. The van der Waals surface area contributed by atoms with E-state index in [0.29, 0.717) is 0 Å². The van der Waals surface area contributed by atoms with Crippen LogP contribution < -0.4 is 0 Å². The van der Waals surface area contributed by atoms with Crippen LogP contribution in [0, 0.1) is 16.0 Å². The minimum absolute atomic E-state index is 0.103. The first-order valence-corrected chi connectivity index (χ1v) is 9.27. The summed E-state index contributed by atoms with van der Waals surface area (Å²) in [5.74, 6) is -2.17. The van der Waals surface area contributed by atoms with Gasteiger partial charge < -0.3 is 10.0 Å². The van der Waals surface area contributed by atoms with Gasteiger partial charge in [0.15, 0.2) is 4.90 Å². The summed E-state index contributed by atoms with van der Waals surface area (Å²) in [6, 6.07) is 3.83. The Morgan fingerprint density at radius 1 is 1.27 bits per heavy atom. The summed E-state index contributed by atoms with van der Waals surface area (Å²) in [5.41, 5.74) is -0.576. The van der Waals surface area contributed by atoms with Gasteiger partial charge in [0.2, 0.25) is 15.9 Å². The maximum absolute atomic E-state index is 12.7. The number of nitro groups is 1. The molecule has 2 rings (SSSR count). The minimum Gasteiger partial charge on any atom is -0.480 e. The molecule has 1 heterocycles. The Balaban J connectivity index is 2.30. The average molecular weight is 385 g/mol. The van der Waals surface area contributed by atoms with Crippen LogP contribution in [0.5, 0.6) is 0 Å². The maximum atomic E-state index is 12.7. The van der Waals surface area contributed by atoms with Crippen molar-refractivity contribution < 1.29 is 28.0 Å². The topological polar surface area (TPSA) is 138 Å². The van der Waals surface area contributed by atoms with Crippen LogP contribution in [0.2, 0.25) is 0 Å². The summed E-state index contributed by atoms with van der Waals surface area (Å²) >= 11 is 0. The third kappa shape index (κ3) is 3.68. The molecule has 1 aliphatic heterocycles. The molecular formula is C15H19N3O7S. The van der Waals surface area contributed by atoms with E-state index in [1.807, 2.05) is 0 Å². The highest BCUT2D eigenvalue weighted by atomic mass is 32.2. The van der Waals surface area contributed by atoms with Crippen molar-refractivity contribution in [3.8, 4) is 0 Å². The van der Waals surface area contributed by atoms with Crippen molar-refractivity contribution in [2.75, 3.05) is 19.6 Å². The van der Waals surface area contributed by atoms with Crippen LogP contribution in [0.25, 0.3) is 0 Å². The van der Waals surface area contributed by atoms with Crippen LogP contribution in [0.15, 0.2) is 29.2 Å². The summed E-state index contributed by atoms with van der Waals surface area (Å²) in [4.78, 5) is 34.7. The predicted octanol–water partition coefficient (Wildman–Crippen LogP) is 0.537. The number of carboxylic acids is 1. The highest BCUT2D eigenvalue weighted by Crippen LogP contribution is 2.27. The Morgan fingerprint density at radius 2 is 1.88 bits per heavy atom. The summed E-state index contributed by atoms with van der Waals surface area (Å²) < 4.78 is 26.3. The molecule has 0 aliphatic carbocycles. The van der Waals surface area contributed by atoms with Gasteiger partial charge in [-0.2, -0.15) is 4.31 Å². The molecule has 26 heavy (non-hydrogen) atoms. The average Bonchev–Trinajstić information content (AvgIpc) is 2.55. The van der Waals surface area contributed by atoms with Gasteiger partial charge in [0.05, 0.1) is 11.5 Å². The van der Waals surface area contributed by atoms with E-state index in [-0.39, 0.29) is 19.0 Å². The Hall–Kier alpha value is -2.53. The Labute approximate surface area is 150 Å². The number of carboxylic acid groups (broad SMARTS) is 1. The third-order valence-electron chi connectivity index (χ3n) is 4.12. The second-order valence-electron chi connectivity index (χ2n) is 6.18. The Bertz CT molecular complexity index is 837. The van der Waals surface area contributed by atoms with Gasteiger partial charge in [-0.05, 0) is 12.0 Å². The van der Waals surface area contributed by atoms with Crippen LogP contribution in [0.4, 0.5) is 5.69 Å². The Kier molecular flexibility index (Phi) is 5.62. The summed E-state index contributed by atoms with van der Waals surface area (Å²) in [6.45, 7) is 2.50. The first kappa shape index (κ1) is 19.8. The largest absolute Gasteiger partial charge is 0.480 e. The van der Waals surface area contributed by atoms with Crippen LogP contribution in [-0.2, 0) is 19.6 Å². The highest BCUT2D eigenvalue weighted by Gasteiger charge is 2.40. The smallest absolute Gasteiger partial charge is 0.326 e. The number of hydrogen-bond donors (Lipinski definition) is 1. The molecule has 1 aromatic rings. The van der Waals surface area contributed by atoms with E-state index in [2.05, 4.69) is 0 Å². The number of aliphatic carboxylic acids is 1. The number of benzene rings is 1. The molecular weight excluding hydrogens is 366 g/mol. The van der Waals surface area contributed by atoms with E-state index >= 15 is 0 Å². The van der Waals surface area contributed by atoms with Gasteiger partial charge in [-0.15, -0.1) is 0 Å². The number of carbonyl (C=O) groups is 2. The lowest BCUT2D eigenvalue weighted by Gasteiger charge is -2.38. The zero-order valence-electron chi connectivity index (χ0n) is 14.2. The molecule has 11 heteroatoms. The van der Waals surface area contributed by atoms with Crippen molar-refractivity contribution in [3.05, 3.63) is 34.4 Å². The summed E-state index contributed by atoms with van der Waals surface area (Å²) in [6.07, 6.45) is 0. The monoisotopic (exact) mass is 385 g/mol. The van der Waals surface area contributed by atoms with Gasteiger partial charge in [0, 0.05) is 19.2 Å². The Morgan fingerprint density at radius 3 is 2.38 bits per heavy atom. The second kappa shape index (κ2) is 7.38. The van der Waals surface area contributed by atoms with Gasteiger partial charge in [-0.3, -0.25) is 14.9 Å². The number of para-hydroxylation sites is 1. The number of amides is 1. The lowest BCUT2D eigenvalue weighted by Crippen LogP contribution is -2.58. The van der Waals surface area contributed by atoms with Crippen molar-refractivity contribution in [3.63, 3.8) is 0 Å². The van der Waals surface area contributed by atoms with Crippen LogP contribution in [0.1, 0.15) is 13.8 Å². The fourth-order valence-corrected chi connectivity index (χ4v) is 4.45. The first-order chi connectivity index (χ1) is 12.1. The van der Waals surface area contributed by atoms with E-state index in [1.54, 1.807) is 13.8 Å². The lowest BCUT2D eigenvalue weighted by molar-refractivity contribution is -0.387. The molecule has 0 spiro atoms. The zero-order valence-corrected chi connectivity index (χ0v) is 15.0. The van der Waals surface area contributed by atoms with E-state index in [1.165, 1.54) is 12.1 Å². The number of hydrogen-bond acceptors (Lipinski definition) is 6. The molecule has 0 aromatic heterocycles. The van der Waals surface area contributed by atoms with Gasteiger partial charge >= 0.3 is 5.97 Å². The molecule has 10 nitrogen and oxygen atoms in total. The predicted molar refractivity (Wildman–Crippen MR) is 89.8 cm³/mol. The minimum atomic E-state index is -4.26. The molecule has 1 unspecified atom stereocenters. The van der Waals surface area contributed by atoms with Crippen molar-refractivity contribution >= 4 is 27.6 Å². The molecule has 1 aromatic carbocycles. The van der Waals surface area contributed by atoms with Crippen molar-refractivity contribution in [1.82, 2.24) is 9.21 Å². The summed E-state index contributed by atoms with van der Waals surface area (Å²) in [5, 5.41) is 20.4. The number of nitro benzene ring substituents is 1. The van der Waals surface area contributed by atoms with Gasteiger partial charge in [0.25, 0.3) is 5.69 Å². The fraction of sp³-hybridized carbons (Fsp3) is 0.467. The number of nitrogens with zero attached hydrogens (tertiary/aromatic N) is 3. The fourth-order valence-electron chi connectivity index (χ4n) is 2.91. The molecule has 0 saturated carbocycles. The molecule has 1 amide bonds. The number of piperazine rings is 1. The quantitative estimate of drug-likeness (QED) is 0.557. The number of rotatable bonds is 6. The van der Waals surface area contributed by atoms with Crippen LogP contribution >= 0.6 is 0 Å². The molecule has 1 saturated heterocycles. The van der Waals surface area contributed by atoms with E-state index in [4.69, 9.17) is 0 Å². The standard InChI is InChI=1S/C15H19N3O7S/c1-10(2)14(15(20)21)17-8-7-16(9-13(17)19)26(24,25)12-6-4-3-5-11(12)18(22)23/h3-6,10,14H,7-9H2,1-2H3,(H,20,21). The lowest BCUT2D eigenvalue weighted by atomic mass is 10.0. The van der Waals surface area contributed by atoms with E-state index < -0.39 is 50.0 Å².